The first kappa shape index (κ1) is 20.9. The lowest BCUT2D eigenvalue weighted by atomic mass is 10.1. The van der Waals surface area contributed by atoms with Gasteiger partial charge >= 0.3 is 0 Å². The van der Waals surface area contributed by atoms with E-state index in [4.69, 9.17) is 5.73 Å². The van der Waals surface area contributed by atoms with Crippen LogP contribution in [-0.2, 0) is 21.4 Å². The highest BCUT2D eigenvalue weighted by Crippen LogP contribution is 2.12. The van der Waals surface area contributed by atoms with Gasteiger partial charge in [0, 0.05) is 23.4 Å². The van der Waals surface area contributed by atoms with E-state index in [0.717, 1.165) is 11.8 Å². The van der Waals surface area contributed by atoms with Crippen molar-refractivity contribution in [2.24, 2.45) is 5.73 Å². The van der Waals surface area contributed by atoms with Gasteiger partial charge in [0.1, 0.15) is 0 Å². The minimum atomic E-state index is -3.44. The van der Waals surface area contributed by atoms with Crippen molar-refractivity contribution in [2.75, 3.05) is 17.5 Å². The Labute approximate surface area is 162 Å². The number of primary amides is 1. The molecule has 0 fully saturated rings. The van der Waals surface area contributed by atoms with E-state index in [1.165, 1.54) is 6.07 Å². The van der Waals surface area contributed by atoms with Crippen molar-refractivity contribution in [3.63, 3.8) is 0 Å². The van der Waals surface area contributed by atoms with E-state index >= 15 is 0 Å². The monoisotopic (exact) mass is 404 g/mol. The SMILES string of the molecule is CS(=O)(=O)Nc1cccc(C(=O)NCc2ccc(C(=O)NCC(N)=O)cc2)c1. The smallest absolute Gasteiger partial charge is 0.251 e. The fraction of sp³-hybridized carbons (Fsp3) is 0.167. The zero-order valence-corrected chi connectivity index (χ0v) is 15.9. The Morgan fingerprint density at radius 2 is 1.57 bits per heavy atom. The fourth-order valence-corrected chi connectivity index (χ4v) is 2.82. The maximum atomic E-state index is 12.3. The van der Waals surface area contributed by atoms with Crippen molar-refractivity contribution in [1.29, 1.82) is 0 Å². The Balaban J connectivity index is 1.95. The van der Waals surface area contributed by atoms with Crippen LogP contribution < -0.4 is 21.1 Å². The van der Waals surface area contributed by atoms with Crippen molar-refractivity contribution in [3.8, 4) is 0 Å². The first-order chi connectivity index (χ1) is 13.1. The van der Waals surface area contributed by atoms with Crippen LogP contribution in [0.1, 0.15) is 26.3 Å². The first-order valence-electron chi connectivity index (χ1n) is 8.15. The zero-order chi connectivity index (χ0) is 20.7. The fourth-order valence-electron chi connectivity index (χ4n) is 2.27. The van der Waals surface area contributed by atoms with E-state index in [9.17, 15) is 22.8 Å². The maximum absolute atomic E-state index is 12.3. The molecule has 0 unspecified atom stereocenters. The lowest BCUT2D eigenvalue weighted by Crippen LogP contribution is -2.33. The summed E-state index contributed by atoms with van der Waals surface area (Å²) in [4.78, 5) is 34.7. The molecule has 0 aromatic heterocycles. The second-order valence-corrected chi connectivity index (χ2v) is 7.73. The number of hydrogen-bond donors (Lipinski definition) is 4. The van der Waals surface area contributed by atoms with Gasteiger partial charge < -0.3 is 16.4 Å². The van der Waals surface area contributed by atoms with Gasteiger partial charge in [-0.05, 0) is 35.9 Å². The van der Waals surface area contributed by atoms with Crippen LogP contribution in [0.3, 0.4) is 0 Å². The number of amides is 3. The van der Waals surface area contributed by atoms with Crippen molar-refractivity contribution in [3.05, 3.63) is 65.2 Å². The molecular weight excluding hydrogens is 384 g/mol. The molecule has 0 radical (unpaired) electrons. The molecule has 10 heteroatoms. The van der Waals surface area contributed by atoms with Gasteiger partial charge in [0.25, 0.3) is 11.8 Å². The van der Waals surface area contributed by atoms with Gasteiger partial charge in [-0.2, -0.15) is 0 Å². The molecule has 0 aliphatic heterocycles. The predicted molar refractivity (Wildman–Crippen MR) is 104 cm³/mol. The standard InChI is InChI=1S/C18H20N4O5S/c1-28(26,27)22-15-4-2-3-14(9-15)18(25)20-10-12-5-7-13(8-6-12)17(24)21-11-16(19)23/h2-9,22H,10-11H2,1H3,(H2,19,23)(H,20,25)(H,21,24). The summed E-state index contributed by atoms with van der Waals surface area (Å²) < 4.78 is 24.9. The molecule has 2 aromatic carbocycles. The molecule has 148 valence electrons. The largest absolute Gasteiger partial charge is 0.368 e. The van der Waals surface area contributed by atoms with Gasteiger partial charge in [0.15, 0.2) is 0 Å². The van der Waals surface area contributed by atoms with E-state index in [-0.39, 0.29) is 19.0 Å². The minimum absolute atomic E-state index is 0.214. The van der Waals surface area contributed by atoms with Crippen molar-refractivity contribution in [2.45, 2.75) is 6.54 Å². The highest BCUT2D eigenvalue weighted by molar-refractivity contribution is 7.92. The molecule has 2 rings (SSSR count). The summed E-state index contributed by atoms with van der Waals surface area (Å²) in [6.45, 7) is -0.0321. The maximum Gasteiger partial charge on any atom is 0.251 e. The number of nitrogens with one attached hydrogen (secondary N) is 3. The topological polar surface area (TPSA) is 147 Å². The van der Waals surface area contributed by atoms with E-state index in [0.29, 0.717) is 16.8 Å². The van der Waals surface area contributed by atoms with E-state index < -0.39 is 21.8 Å². The molecule has 2 aromatic rings. The second kappa shape index (κ2) is 9.00. The predicted octanol–water partition coefficient (Wildman–Crippen LogP) is 0.203. The Morgan fingerprint density at radius 1 is 0.929 bits per heavy atom. The van der Waals surface area contributed by atoms with Gasteiger partial charge in [0.2, 0.25) is 15.9 Å². The number of carbonyl (C=O) groups is 3. The summed E-state index contributed by atoms with van der Waals surface area (Å²) in [6.07, 6.45) is 1.03. The van der Waals surface area contributed by atoms with Crippen LogP contribution in [0.15, 0.2) is 48.5 Å². The third kappa shape index (κ3) is 6.72. The van der Waals surface area contributed by atoms with Crippen LogP contribution in [0.25, 0.3) is 0 Å². The quantitative estimate of drug-likeness (QED) is 0.496. The summed E-state index contributed by atoms with van der Waals surface area (Å²) in [7, 11) is -3.44. The van der Waals surface area contributed by atoms with Gasteiger partial charge in [-0.15, -0.1) is 0 Å². The number of nitrogens with two attached hydrogens (primary N) is 1. The van der Waals surface area contributed by atoms with Crippen LogP contribution in [-0.4, -0.2) is 38.9 Å². The molecule has 5 N–H and O–H groups in total. The van der Waals surface area contributed by atoms with Crippen molar-refractivity contribution < 1.29 is 22.8 Å². The van der Waals surface area contributed by atoms with Gasteiger partial charge in [-0.3, -0.25) is 19.1 Å². The number of sulfonamides is 1. The number of hydrogen-bond acceptors (Lipinski definition) is 5. The molecule has 3 amide bonds. The molecule has 28 heavy (non-hydrogen) atoms. The third-order valence-corrected chi connectivity index (χ3v) is 4.13. The van der Waals surface area contributed by atoms with Crippen LogP contribution in [0.5, 0.6) is 0 Å². The lowest BCUT2D eigenvalue weighted by Gasteiger charge is -2.09. The highest BCUT2D eigenvalue weighted by Gasteiger charge is 2.09. The van der Waals surface area contributed by atoms with Gasteiger partial charge in [-0.1, -0.05) is 18.2 Å². The Kier molecular flexibility index (Phi) is 6.72. The van der Waals surface area contributed by atoms with E-state index in [2.05, 4.69) is 15.4 Å². The summed E-state index contributed by atoms with van der Waals surface area (Å²) in [5, 5.41) is 5.10. The number of anilines is 1. The van der Waals surface area contributed by atoms with Crippen LogP contribution in [0.4, 0.5) is 5.69 Å². The Morgan fingerprint density at radius 3 is 2.18 bits per heavy atom. The molecule has 0 bridgehead atoms. The average Bonchev–Trinajstić information content (AvgIpc) is 2.63. The molecule has 0 aliphatic carbocycles. The van der Waals surface area contributed by atoms with Crippen LogP contribution in [0.2, 0.25) is 0 Å². The molecule has 0 aliphatic rings. The molecular formula is C18H20N4O5S. The second-order valence-electron chi connectivity index (χ2n) is 5.98. The summed E-state index contributed by atoms with van der Waals surface area (Å²) >= 11 is 0. The normalized spacial score (nSPS) is 10.8. The third-order valence-electron chi connectivity index (χ3n) is 3.52. The number of carbonyl (C=O) groups excluding carboxylic acids is 3. The summed E-state index contributed by atoms with van der Waals surface area (Å²) in [5.41, 5.74) is 6.68. The van der Waals surface area contributed by atoms with Crippen LogP contribution >= 0.6 is 0 Å². The first-order valence-corrected chi connectivity index (χ1v) is 10.0. The molecule has 9 nitrogen and oxygen atoms in total. The molecule has 0 atom stereocenters. The summed E-state index contributed by atoms with van der Waals surface area (Å²) in [6, 6.07) is 12.6. The van der Waals surface area contributed by atoms with Gasteiger partial charge in [0.05, 0.1) is 12.8 Å². The van der Waals surface area contributed by atoms with Crippen molar-refractivity contribution >= 4 is 33.4 Å². The molecule has 0 saturated heterocycles. The van der Waals surface area contributed by atoms with E-state index in [1.807, 2.05) is 0 Å². The van der Waals surface area contributed by atoms with Gasteiger partial charge in [-0.25, -0.2) is 8.42 Å². The molecule has 0 spiro atoms. The average molecular weight is 404 g/mol. The van der Waals surface area contributed by atoms with Crippen LogP contribution in [0, 0.1) is 0 Å². The van der Waals surface area contributed by atoms with Crippen molar-refractivity contribution in [1.82, 2.24) is 10.6 Å². The number of benzene rings is 2. The zero-order valence-electron chi connectivity index (χ0n) is 15.1. The minimum Gasteiger partial charge on any atom is -0.368 e. The Hall–Kier alpha value is -3.40. The molecule has 0 saturated carbocycles. The Bertz CT molecular complexity index is 987. The van der Waals surface area contributed by atoms with E-state index in [1.54, 1.807) is 42.5 Å². The molecule has 0 heterocycles. The highest BCUT2D eigenvalue weighted by atomic mass is 32.2. The number of rotatable bonds is 8. The summed E-state index contributed by atoms with van der Waals surface area (Å²) in [5.74, 6) is -1.44. The lowest BCUT2D eigenvalue weighted by molar-refractivity contribution is -0.117.